The fourth-order valence-corrected chi connectivity index (χ4v) is 1.26. The molecule has 2 nitrogen and oxygen atoms in total. The van der Waals surface area contributed by atoms with Crippen molar-refractivity contribution >= 4 is 11.6 Å². The Balaban J connectivity index is 2.77. The minimum atomic E-state index is -0.858. The Morgan fingerprint density at radius 1 is 1.64 bits per heavy atom. The molecule has 0 spiro atoms. The number of hydrogen-bond donors (Lipinski definition) is 1. The second-order valence-corrected chi connectivity index (χ2v) is 3.03. The van der Waals surface area contributed by atoms with Crippen LogP contribution in [-0.2, 0) is 4.74 Å². The lowest BCUT2D eigenvalue weighted by Gasteiger charge is -2.29. The molecule has 1 aliphatic carbocycles. The van der Waals surface area contributed by atoms with Crippen molar-refractivity contribution in [2.75, 3.05) is 13.7 Å². The molecule has 0 aromatic rings. The molecule has 0 fully saturated rings. The van der Waals surface area contributed by atoms with Crippen molar-refractivity contribution in [3.8, 4) is 0 Å². The molecule has 2 unspecified atom stereocenters. The first kappa shape index (κ1) is 8.78. The minimum Gasteiger partial charge on any atom is -0.396 e. The van der Waals surface area contributed by atoms with Gasteiger partial charge in [0.1, 0.15) is 0 Å². The number of ether oxygens (including phenoxy) is 1. The first-order valence-electron chi connectivity index (χ1n) is 3.44. The van der Waals surface area contributed by atoms with Gasteiger partial charge in [0.25, 0.3) is 0 Å². The Hall–Kier alpha value is -0.310. The molecule has 0 aromatic heterocycles. The van der Waals surface area contributed by atoms with Gasteiger partial charge in [0.2, 0.25) is 0 Å². The normalized spacial score (nSPS) is 36.1. The Kier molecular flexibility index (Phi) is 2.71. The molecule has 62 valence electrons. The third-order valence-electron chi connectivity index (χ3n) is 1.79. The Morgan fingerprint density at radius 3 is 2.82 bits per heavy atom. The summed E-state index contributed by atoms with van der Waals surface area (Å²) in [5, 5.41) is 8.05. The molecule has 1 aliphatic rings. The van der Waals surface area contributed by atoms with Gasteiger partial charge in [-0.15, -0.1) is 0 Å². The average Bonchev–Trinajstić information content (AvgIpc) is 2.05. The fourth-order valence-electron chi connectivity index (χ4n) is 1.04. The van der Waals surface area contributed by atoms with Crippen LogP contribution < -0.4 is 0 Å². The molecule has 0 bridgehead atoms. The van der Waals surface area contributed by atoms with Gasteiger partial charge in [-0.25, -0.2) is 0 Å². The summed E-state index contributed by atoms with van der Waals surface area (Å²) in [5.74, 6) is -0.154. The van der Waals surface area contributed by atoms with Crippen molar-refractivity contribution in [2.45, 2.75) is 5.06 Å². The van der Waals surface area contributed by atoms with Crippen LogP contribution in [0.3, 0.4) is 0 Å². The molecule has 3 heteroatoms. The third kappa shape index (κ3) is 1.64. The summed E-state index contributed by atoms with van der Waals surface area (Å²) >= 11 is 6.01. The van der Waals surface area contributed by atoms with E-state index in [2.05, 4.69) is 0 Å². The number of rotatable bonds is 2. The molecule has 11 heavy (non-hydrogen) atoms. The van der Waals surface area contributed by atoms with E-state index in [4.69, 9.17) is 21.4 Å². The number of hydrogen-bond acceptors (Lipinski definition) is 2. The summed E-state index contributed by atoms with van der Waals surface area (Å²) < 4.78 is 5.05. The zero-order valence-corrected chi connectivity index (χ0v) is 7.08. The van der Waals surface area contributed by atoms with E-state index in [0.717, 1.165) is 0 Å². The Labute approximate surface area is 71.1 Å². The molecule has 0 heterocycles. The van der Waals surface area contributed by atoms with Crippen molar-refractivity contribution in [3.05, 3.63) is 24.3 Å². The predicted octanol–water partition coefficient (Wildman–Crippen LogP) is 1.30. The highest BCUT2D eigenvalue weighted by Crippen LogP contribution is 2.31. The van der Waals surface area contributed by atoms with Crippen LogP contribution in [0.5, 0.6) is 0 Å². The maximum atomic E-state index is 8.91. The summed E-state index contributed by atoms with van der Waals surface area (Å²) in [7, 11) is 1.53. The van der Waals surface area contributed by atoms with E-state index in [1.807, 2.05) is 18.2 Å². The molecule has 2 atom stereocenters. The average molecular weight is 175 g/mol. The summed E-state index contributed by atoms with van der Waals surface area (Å²) in [6.07, 6.45) is 7.22. The van der Waals surface area contributed by atoms with Crippen LogP contribution in [0.25, 0.3) is 0 Å². The molecule has 1 N–H and O–H groups in total. The quantitative estimate of drug-likeness (QED) is 0.640. The van der Waals surface area contributed by atoms with Crippen molar-refractivity contribution in [1.29, 1.82) is 0 Å². The summed E-state index contributed by atoms with van der Waals surface area (Å²) in [4.78, 5) is 0. The standard InChI is InChI=1S/C8H11ClO2/c1-11-8(9)5-3-2-4-7(8)6-10/h2-5,7,10H,6H2,1H3. The molecule has 0 saturated heterocycles. The van der Waals surface area contributed by atoms with Gasteiger partial charge in [0.05, 0.1) is 6.61 Å². The van der Waals surface area contributed by atoms with Gasteiger partial charge in [0.15, 0.2) is 5.06 Å². The number of halogens is 1. The monoisotopic (exact) mass is 174 g/mol. The molecular formula is C8H11ClO2. The van der Waals surface area contributed by atoms with Crippen LogP contribution in [0.2, 0.25) is 0 Å². The third-order valence-corrected chi connectivity index (χ3v) is 2.35. The molecular weight excluding hydrogens is 164 g/mol. The first-order valence-corrected chi connectivity index (χ1v) is 3.81. The Bertz CT molecular complexity index is 189. The van der Waals surface area contributed by atoms with E-state index in [0.29, 0.717) is 0 Å². The second-order valence-electron chi connectivity index (χ2n) is 2.43. The zero-order chi connectivity index (χ0) is 8.32. The van der Waals surface area contributed by atoms with E-state index >= 15 is 0 Å². The Morgan fingerprint density at radius 2 is 2.36 bits per heavy atom. The smallest absolute Gasteiger partial charge is 0.168 e. The van der Waals surface area contributed by atoms with Crippen LogP contribution in [0.1, 0.15) is 0 Å². The largest absolute Gasteiger partial charge is 0.396 e. The van der Waals surface area contributed by atoms with Gasteiger partial charge < -0.3 is 9.84 Å². The van der Waals surface area contributed by atoms with Gasteiger partial charge >= 0.3 is 0 Å². The van der Waals surface area contributed by atoms with Crippen LogP contribution in [0, 0.1) is 5.92 Å². The number of aliphatic hydroxyl groups excluding tert-OH is 1. The number of alkyl halides is 1. The van der Waals surface area contributed by atoms with Crippen molar-refractivity contribution in [2.24, 2.45) is 5.92 Å². The highest BCUT2D eigenvalue weighted by atomic mass is 35.5. The summed E-state index contributed by atoms with van der Waals surface area (Å²) in [6, 6.07) is 0. The number of aliphatic hydroxyl groups is 1. The zero-order valence-electron chi connectivity index (χ0n) is 6.33. The highest BCUT2D eigenvalue weighted by Gasteiger charge is 2.33. The van der Waals surface area contributed by atoms with E-state index in [-0.39, 0.29) is 12.5 Å². The first-order chi connectivity index (χ1) is 5.23. The SMILES string of the molecule is COC1(Cl)C=CC=CC1CO. The molecule has 0 radical (unpaired) electrons. The van der Waals surface area contributed by atoms with Crippen LogP contribution in [-0.4, -0.2) is 23.9 Å². The van der Waals surface area contributed by atoms with E-state index < -0.39 is 5.06 Å². The predicted molar refractivity (Wildman–Crippen MR) is 44.4 cm³/mol. The number of methoxy groups -OCH3 is 1. The van der Waals surface area contributed by atoms with Gasteiger partial charge in [-0.1, -0.05) is 29.8 Å². The second kappa shape index (κ2) is 3.39. The van der Waals surface area contributed by atoms with Crippen molar-refractivity contribution in [1.82, 2.24) is 0 Å². The summed E-state index contributed by atoms with van der Waals surface area (Å²) in [5.41, 5.74) is 0. The maximum Gasteiger partial charge on any atom is 0.168 e. The maximum absolute atomic E-state index is 8.91. The van der Waals surface area contributed by atoms with E-state index in [9.17, 15) is 0 Å². The number of allylic oxidation sites excluding steroid dienone is 2. The fraction of sp³-hybridized carbons (Fsp3) is 0.500. The molecule has 0 aliphatic heterocycles. The lowest BCUT2D eigenvalue weighted by Crippen LogP contribution is -2.34. The van der Waals surface area contributed by atoms with Crippen molar-refractivity contribution < 1.29 is 9.84 Å². The van der Waals surface area contributed by atoms with Gasteiger partial charge in [-0.05, 0) is 6.08 Å². The molecule has 0 amide bonds. The lowest BCUT2D eigenvalue weighted by atomic mass is 9.98. The van der Waals surface area contributed by atoms with Gasteiger partial charge in [-0.3, -0.25) is 0 Å². The lowest BCUT2D eigenvalue weighted by molar-refractivity contribution is 0.0444. The van der Waals surface area contributed by atoms with Gasteiger partial charge in [-0.2, -0.15) is 0 Å². The van der Waals surface area contributed by atoms with Crippen LogP contribution in [0.4, 0.5) is 0 Å². The van der Waals surface area contributed by atoms with E-state index in [1.54, 1.807) is 6.08 Å². The topological polar surface area (TPSA) is 29.5 Å². The van der Waals surface area contributed by atoms with Crippen molar-refractivity contribution in [3.63, 3.8) is 0 Å². The molecule has 0 saturated carbocycles. The van der Waals surface area contributed by atoms with E-state index in [1.165, 1.54) is 7.11 Å². The van der Waals surface area contributed by atoms with Gasteiger partial charge in [0, 0.05) is 13.0 Å². The highest BCUT2D eigenvalue weighted by molar-refractivity contribution is 6.24. The van der Waals surface area contributed by atoms with Crippen LogP contribution in [0.15, 0.2) is 24.3 Å². The van der Waals surface area contributed by atoms with Crippen LogP contribution >= 0.6 is 11.6 Å². The molecule has 0 aromatic carbocycles. The molecule has 1 rings (SSSR count). The summed E-state index contributed by atoms with van der Waals surface area (Å²) in [6.45, 7) is -0.00181. The minimum absolute atomic E-state index is 0.00181.